The topological polar surface area (TPSA) is 767 Å². The maximum Gasteiger partial charge on any atom is 0.364 e. The average molecular weight is 2060 g/mol. The largest absolute Gasteiger partial charge is 0.477 e. The Morgan fingerprint density at radius 1 is 0.380 bits per heavy atom. The molecule has 0 radical (unpaired) electrons. The molecule has 826 valence electrons. The number of rotatable bonds is 61. The fourth-order valence-corrected chi connectivity index (χ4v) is 19.1. The zero-order valence-corrected chi connectivity index (χ0v) is 81.9. The van der Waals surface area contributed by atoms with Crippen LogP contribution in [0.3, 0.4) is 0 Å². The summed E-state index contributed by atoms with van der Waals surface area (Å²) < 4.78 is 96.4. The van der Waals surface area contributed by atoms with Crippen LogP contribution in [0, 0.1) is 0 Å². The van der Waals surface area contributed by atoms with Gasteiger partial charge in [-0.25, -0.2) is 4.79 Å². The molecule has 8 heterocycles. The van der Waals surface area contributed by atoms with Gasteiger partial charge in [0.2, 0.25) is 23.6 Å². The van der Waals surface area contributed by atoms with Gasteiger partial charge in [-0.1, -0.05) is 180 Å². The Balaban J connectivity index is 0.970. The highest BCUT2D eigenvalue weighted by Crippen LogP contribution is 2.43. The van der Waals surface area contributed by atoms with Crippen LogP contribution >= 0.6 is 0 Å². The van der Waals surface area contributed by atoms with Gasteiger partial charge in [-0.05, 0) is 26.2 Å². The first kappa shape index (κ1) is 123. The first-order valence-corrected chi connectivity index (χ1v) is 50.5. The molecule has 0 aromatic rings. The van der Waals surface area contributed by atoms with Gasteiger partial charge in [0.15, 0.2) is 44.0 Å². The van der Waals surface area contributed by atoms with Crippen molar-refractivity contribution in [2.75, 3.05) is 52.9 Å². The summed E-state index contributed by atoms with van der Waals surface area (Å²) >= 11 is 0. The molecule has 0 spiro atoms. The second-order valence-electron chi connectivity index (χ2n) is 38.4. The molecule has 16 unspecified atom stereocenters. The van der Waals surface area contributed by atoms with Crippen LogP contribution in [0.4, 0.5) is 0 Å². The molecule has 142 heavy (non-hydrogen) atoms. The van der Waals surface area contributed by atoms with Crippen LogP contribution in [0.5, 0.6) is 0 Å². The Bertz CT molecular complexity index is 3620. The summed E-state index contributed by atoms with van der Waals surface area (Å²) in [6, 6.07) is -6.92. The second kappa shape index (κ2) is 61.7. The van der Waals surface area contributed by atoms with E-state index in [1.165, 1.54) is 110 Å². The third-order valence-corrected chi connectivity index (χ3v) is 27.3. The van der Waals surface area contributed by atoms with Crippen LogP contribution < -0.4 is 21.3 Å². The summed E-state index contributed by atoms with van der Waals surface area (Å²) in [5, 5.41) is 283. The van der Waals surface area contributed by atoms with Gasteiger partial charge in [0.05, 0.1) is 83.3 Å². The number of allylic oxidation sites excluding steroid dienone is 1. The summed E-state index contributed by atoms with van der Waals surface area (Å²) in [7, 11) is 0. The average Bonchev–Trinajstić information content (AvgIpc) is 0.745. The second-order valence-corrected chi connectivity index (χ2v) is 38.4. The number of carbonyl (C=O) groups excluding carboxylic acids is 4. The number of amides is 4. The predicted molar refractivity (Wildman–Crippen MR) is 486 cm³/mol. The lowest BCUT2D eigenvalue weighted by molar-refractivity contribution is -0.400. The van der Waals surface area contributed by atoms with Crippen molar-refractivity contribution < 1.29 is 222 Å². The number of unbranched alkanes of at least 4 members (excludes halogenated alkanes) is 25. The van der Waals surface area contributed by atoms with E-state index in [0.717, 1.165) is 78.6 Å². The molecule has 0 aromatic heterocycles. The van der Waals surface area contributed by atoms with Crippen molar-refractivity contribution in [2.45, 2.75) is 491 Å². The highest BCUT2D eigenvalue weighted by atomic mass is 16.8. The standard InChI is InChI=1S/C93H164N4O45/c1-7-9-11-13-15-17-19-21-22-24-26-28-30-32-34-36-60(111)97-50(51(108)35-33-31-29-27-25-23-20-18-16-14-12-10-8-2)45-127-87-73(121)71(119)78(58(43-103)134-87)136-90-74(122)82(66(114)54(39-99)130-90)139-85-62(95-48(5)106)69(117)77(57(42-102)132-85)135-89-75(123)83(67(115)55(40-100)129-89)140-86-63(96-49(6)107)81(138-88-72(120)70(118)64(112)46(3)128-88)79(59(44-104)133-86)137-91-76(124)84(68(116)56(41-101)131-91)142-93(92(125)126)37-52(109)61(94-47(4)105)80(141-93)65(113)53(110)38-98/h33,35,46,50-59,61-91,98-104,108-110,112-124H,7-32,34,36-45H2,1-6H3,(H,94,105)(H,95,106)(H,96,107)(H,97,111)(H,125,126)/b35-33+/t46?,50-,51+,52?,53+,54?,55?,56?,57?,58?,59?,61+,62?,63?,64+,65+,66-,67-,68-,69+,70?,71+,72-,73?,74?,75?,76?,77+,78+,79+,80?,81+,82-,83-,84-,85-,86-,87+,88+,89-,90-,91-,93-/m0/s1. The van der Waals surface area contributed by atoms with E-state index in [0.29, 0.717) is 12.8 Å². The minimum absolute atomic E-state index is 0.141. The van der Waals surface area contributed by atoms with Crippen molar-refractivity contribution in [3.63, 3.8) is 0 Å². The Morgan fingerprint density at radius 2 is 0.746 bits per heavy atom. The lowest BCUT2D eigenvalue weighted by Crippen LogP contribution is -2.72. The van der Waals surface area contributed by atoms with Crippen LogP contribution in [0.25, 0.3) is 0 Å². The Labute approximate surface area is 825 Å². The molecule has 0 bridgehead atoms. The molecule has 0 saturated carbocycles. The van der Waals surface area contributed by atoms with Gasteiger partial charge in [0.1, 0.15) is 183 Å². The lowest BCUT2D eigenvalue weighted by Gasteiger charge is -2.52. The normalized spacial score (nSPS) is 38.8. The number of aliphatic carboxylic acids is 1. The number of carbonyl (C=O) groups is 5. The van der Waals surface area contributed by atoms with Crippen LogP contribution in [-0.2, 0) is 99.8 Å². The summed E-state index contributed by atoms with van der Waals surface area (Å²) in [5.74, 6) is -8.71. The molecule has 0 aromatic carbocycles. The molecule has 8 aliphatic heterocycles. The maximum atomic E-state index is 13.6. The molecule has 0 aliphatic carbocycles. The number of nitrogens with one attached hydrogen (secondary N) is 4. The summed E-state index contributed by atoms with van der Waals surface area (Å²) in [4.78, 5) is 66.2. The number of hydrogen-bond donors (Lipinski definition) is 28. The molecule has 8 rings (SSSR count). The highest BCUT2D eigenvalue weighted by Gasteiger charge is 2.64. The monoisotopic (exact) mass is 2060 g/mol. The van der Waals surface area contributed by atoms with Gasteiger partial charge >= 0.3 is 5.97 Å². The SMILES string of the molecule is CCCCCCCCCCCCC/C=C/[C@@H](O)[C@H](CO[C@@H]1OC(CO)[C@@H](O[C@@H]2OC(CO)[C@H](O)[C@H](O[C@@H]3OC(CO)[C@@H](O[C@@H]4OC(CO)[C@H](O)[C@H](O[C@@H]5OC(CO)[C@@H](O[C@@H]6OC(CO)[C@H](O)[C@H](O[C@]7(C(=O)O)CC(O)[C@@H](NC(C)=O)C([C@H](O)[C@H](O)CO)O7)C6O)[C@H](O[C@H]6OC(C)[C@@H](O)C(O)[C@@H]6O)C5NC(C)=O)C4O)[C@H](O)C3NC(C)=O)C2O)[C@H](O)C1O)NC(=O)CCCCCCCCCCCCCCCCC. The van der Waals surface area contributed by atoms with Crippen molar-refractivity contribution >= 4 is 29.6 Å². The van der Waals surface area contributed by atoms with E-state index in [1.54, 1.807) is 6.08 Å². The Hall–Kier alpha value is -4.47. The quantitative estimate of drug-likeness (QED) is 0.0199. The molecule has 28 N–H and O–H groups in total. The lowest BCUT2D eigenvalue weighted by atomic mass is 9.88. The maximum absolute atomic E-state index is 13.6. The number of aliphatic hydroxyl groups excluding tert-OH is 23. The Kier molecular flexibility index (Phi) is 53.4. The number of carboxylic acids is 1. The first-order valence-electron chi connectivity index (χ1n) is 50.5. The van der Waals surface area contributed by atoms with Crippen LogP contribution in [0.1, 0.15) is 228 Å². The van der Waals surface area contributed by atoms with Gasteiger partial charge in [-0.15, -0.1) is 0 Å². The molecular weight excluding hydrogens is 1890 g/mol. The Morgan fingerprint density at radius 3 is 1.20 bits per heavy atom. The van der Waals surface area contributed by atoms with Crippen LogP contribution in [0.15, 0.2) is 12.2 Å². The first-order chi connectivity index (χ1) is 67.8. The molecule has 49 nitrogen and oxygen atoms in total. The fraction of sp³-hybridized carbons (Fsp3) is 0.925. The predicted octanol–water partition coefficient (Wildman–Crippen LogP) is -6.40. The molecule has 8 fully saturated rings. The van der Waals surface area contributed by atoms with Crippen molar-refractivity contribution in [3.05, 3.63) is 12.2 Å². The molecule has 8 aliphatic rings. The zero-order chi connectivity index (χ0) is 104. The number of ether oxygens (including phenoxy) is 16. The van der Waals surface area contributed by atoms with Crippen LogP contribution in [0.2, 0.25) is 0 Å². The van der Waals surface area contributed by atoms with Gasteiger partial charge in [-0.3, -0.25) is 19.2 Å². The van der Waals surface area contributed by atoms with Crippen molar-refractivity contribution in [2.24, 2.45) is 0 Å². The van der Waals surface area contributed by atoms with Crippen LogP contribution in [-0.4, -0.2) is 468 Å². The van der Waals surface area contributed by atoms with E-state index < -0.39 is 346 Å². The smallest absolute Gasteiger partial charge is 0.364 e. The molecule has 8 saturated heterocycles. The van der Waals surface area contributed by atoms with E-state index in [1.807, 2.05) is 6.08 Å². The van der Waals surface area contributed by atoms with Crippen molar-refractivity contribution in [1.29, 1.82) is 0 Å². The zero-order valence-electron chi connectivity index (χ0n) is 81.9. The van der Waals surface area contributed by atoms with E-state index in [4.69, 9.17) is 75.8 Å². The summed E-state index contributed by atoms with van der Waals surface area (Å²) in [6.45, 7) is -0.221. The highest BCUT2D eigenvalue weighted by molar-refractivity contribution is 5.77. The van der Waals surface area contributed by atoms with Crippen molar-refractivity contribution in [3.8, 4) is 0 Å². The molecule has 49 heteroatoms. The van der Waals surface area contributed by atoms with Gasteiger partial charge in [0, 0.05) is 33.6 Å². The van der Waals surface area contributed by atoms with Crippen molar-refractivity contribution in [1.82, 2.24) is 21.3 Å². The third kappa shape index (κ3) is 34.3. The number of carboxylic acid groups (broad SMARTS) is 1. The summed E-state index contributed by atoms with van der Waals surface area (Å²) in [6.07, 6.45) is -47.4. The van der Waals surface area contributed by atoms with Gasteiger partial charge in [0.25, 0.3) is 5.79 Å². The minimum Gasteiger partial charge on any atom is -0.477 e. The molecule has 43 atom stereocenters. The number of hydrogen-bond acceptors (Lipinski definition) is 44. The van der Waals surface area contributed by atoms with E-state index in [9.17, 15) is 147 Å². The fourth-order valence-electron chi connectivity index (χ4n) is 19.1. The molecular formula is C93H164N4O45. The molecule has 4 amide bonds. The number of aliphatic hydroxyl groups is 23. The third-order valence-electron chi connectivity index (χ3n) is 27.3. The minimum atomic E-state index is -3.33. The van der Waals surface area contributed by atoms with E-state index >= 15 is 0 Å². The van der Waals surface area contributed by atoms with E-state index in [-0.39, 0.29) is 12.3 Å². The van der Waals surface area contributed by atoms with Gasteiger partial charge in [-0.2, -0.15) is 0 Å². The van der Waals surface area contributed by atoms with E-state index in [2.05, 4.69) is 35.1 Å². The van der Waals surface area contributed by atoms with Gasteiger partial charge < -0.3 is 220 Å². The summed E-state index contributed by atoms with van der Waals surface area (Å²) in [5.41, 5.74) is 0.